The fourth-order valence-corrected chi connectivity index (χ4v) is 2.81. The van der Waals surface area contributed by atoms with E-state index in [1.54, 1.807) is 6.07 Å². The number of thiophene rings is 1. The van der Waals surface area contributed by atoms with E-state index in [2.05, 4.69) is 5.10 Å². The second kappa shape index (κ2) is 5.30. The SMILES string of the molecule is O=C(O)c1ccc(Cn2cc(-c3ccccc3)cn2)s1. The topological polar surface area (TPSA) is 55.1 Å². The molecule has 1 aromatic carbocycles. The van der Waals surface area contributed by atoms with Gasteiger partial charge in [-0.15, -0.1) is 11.3 Å². The van der Waals surface area contributed by atoms with E-state index in [-0.39, 0.29) is 0 Å². The van der Waals surface area contributed by atoms with E-state index in [9.17, 15) is 4.79 Å². The van der Waals surface area contributed by atoms with Gasteiger partial charge >= 0.3 is 5.97 Å². The van der Waals surface area contributed by atoms with Crippen LogP contribution in [0.4, 0.5) is 0 Å². The molecule has 1 N–H and O–H groups in total. The highest BCUT2D eigenvalue weighted by Gasteiger charge is 2.08. The number of hydrogen-bond donors (Lipinski definition) is 1. The summed E-state index contributed by atoms with van der Waals surface area (Å²) in [5, 5.41) is 13.2. The third kappa shape index (κ3) is 2.62. The fourth-order valence-electron chi connectivity index (χ4n) is 1.97. The van der Waals surface area contributed by atoms with Crippen LogP contribution in [0.3, 0.4) is 0 Å². The number of benzene rings is 1. The fraction of sp³-hybridized carbons (Fsp3) is 0.0667. The molecule has 2 heterocycles. The Morgan fingerprint density at radius 2 is 1.95 bits per heavy atom. The van der Waals surface area contributed by atoms with Crippen molar-refractivity contribution >= 4 is 17.3 Å². The zero-order valence-corrected chi connectivity index (χ0v) is 11.4. The van der Waals surface area contributed by atoms with Gasteiger partial charge in [0, 0.05) is 16.6 Å². The first kappa shape index (κ1) is 12.6. The van der Waals surface area contributed by atoms with E-state index in [4.69, 9.17) is 5.11 Å². The van der Waals surface area contributed by atoms with Crippen LogP contribution in [0.2, 0.25) is 0 Å². The summed E-state index contributed by atoms with van der Waals surface area (Å²) in [6.45, 7) is 0.588. The van der Waals surface area contributed by atoms with Crippen molar-refractivity contribution in [2.75, 3.05) is 0 Å². The summed E-state index contributed by atoms with van der Waals surface area (Å²) in [7, 11) is 0. The van der Waals surface area contributed by atoms with Crippen LogP contribution in [-0.4, -0.2) is 20.9 Å². The quantitative estimate of drug-likeness (QED) is 0.799. The molecule has 0 saturated heterocycles. The minimum atomic E-state index is -0.883. The van der Waals surface area contributed by atoms with E-state index < -0.39 is 5.97 Å². The molecule has 2 aromatic heterocycles. The Morgan fingerprint density at radius 3 is 2.65 bits per heavy atom. The molecule has 0 aliphatic carbocycles. The van der Waals surface area contributed by atoms with Crippen LogP contribution in [0.1, 0.15) is 14.5 Å². The van der Waals surface area contributed by atoms with E-state index in [0.29, 0.717) is 11.4 Å². The van der Waals surface area contributed by atoms with Gasteiger partial charge in [-0.05, 0) is 17.7 Å². The first-order valence-electron chi connectivity index (χ1n) is 6.12. The van der Waals surface area contributed by atoms with Crippen molar-refractivity contribution in [3.63, 3.8) is 0 Å². The van der Waals surface area contributed by atoms with Gasteiger partial charge in [0.1, 0.15) is 4.88 Å². The molecule has 0 bridgehead atoms. The Morgan fingerprint density at radius 1 is 1.15 bits per heavy atom. The van der Waals surface area contributed by atoms with Gasteiger partial charge in [-0.3, -0.25) is 4.68 Å². The standard InChI is InChI=1S/C15H12N2O2S/c18-15(19)14-7-6-13(20-14)10-17-9-12(8-16-17)11-4-2-1-3-5-11/h1-9H,10H2,(H,18,19). The number of carbonyl (C=O) groups is 1. The Balaban J connectivity index is 1.78. The Labute approximate surface area is 119 Å². The summed E-state index contributed by atoms with van der Waals surface area (Å²) >= 11 is 1.28. The van der Waals surface area contributed by atoms with Crippen molar-refractivity contribution < 1.29 is 9.90 Å². The lowest BCUT2D eigenvalue weighted by Crippen LogP contribution is -1.97. The normalized spacial score (nSPS) is 10.6. The summed E-state index contributed by atoms with van der Waals surface area (Å²) in [5.74, 6) is -0.883. The molecule has 0 aliphatic rings. The molecule has 0 spiro atoms. The average molecular weight is 284 g/mol. The van der Waals surface area contributed by atoms with Crippen LogP contribution in [0.15, 0.2) is 54.9 Å². The lowest BCUT2D eigenvalue weighted by atomic mass is 10.1. The highest BCUT2D eigenvalue weighted by atomic mass is 32.1. The molecular weight excluding hydrogens is 272 g/mol. The molecule has 0 amide bonds. The highest BCUT2D eigenvalue weighted by Crippen LogP contribution is 2.20. The zero-order chi connectivity index (χ0) is 13.9. The van der Waals surface area contributed by atoms with Crippen molar-refractivity contribution in [3.05, 3.63) is 64.6 Å². The van der Waals surface area contributed by atoms with E-state index in [0.717, 1.165) is 16.0 Å². The molecule has 3 aromatic rings. The molecule has 0 saturated carbocycles. The van der Waals surface area contributed by atoms with Crippen LogP contribution in [0.5, 0.6) is 0 Å². The second-order valence-electron chi connectivity index (χ2n) is 4.36. The second-order valence-corrected chi connectivity index (χ2v) is 5.53. The van der Waals surface area contributed by atoms with Gasteiger partial charge in [0.05, 0.1) is 12.7 Å². The molecule has 0 atom stereocenters. The van der Waals surface area contributed by atoms with E-state index in [1.165, 1.54) is 11.3 Å². The van der Waals surface area contributed by atoms with Gasteiger partial charge in [0.25, 0.3) is 0 Å². The average Bonchev–Trinajstić information content (AvgIpc) is 3.10. The van der Waals surface area contributed by atoms with Crippen LogP contribution >= 0.6 is 11.3 Å². The Hall–Kier alpha value is -2.40. The monoisotopic (exact) mass is 284 g/mol. The first-order valence-corrected chi connectivity index (χ1v) is 6.94. The maximum absolute atomic E-state index is 10.8. The van der Waals surface area contributed by atoms with Crippen molar-refractivity contribution in [1.29, 1.82) is 0 Å². The highest BCUT2D eigenvalue weighted by molar-refractivity contribution is 7.13. The Kier molecular flexibility index (Phi) is 3.35. The maximum Gasteiger partial charge on any atom is 0.345 e. The predicted molar refractivity (Wildman–Crippen MR) is 78.0 cm³/mol. The number of carboxylic acids is 1. The van der Waals surface area contributed by atoms with Gasteiger partial charge in [0.15, 0.2) is 0 Å². The van der Waals surface area contributed by atoms with Gasteiger partial charge in [-0.25, -0.2) is 4.79 Å². The van der Waals surface area contributed by atoms with Gasteiger partial charge in [-0.1, -0.05) is 30.3 Å². The summed E-state index contributed by atoms with van der Waals surface area (Å²) in [5.41, 5.74) is 2.18. The lowest BCUT2D eigenvalue weighted by Gasteiger charge is -1.98. The van der Waals surface area contributed by atoms with Crippen molar-refractivity contribution in [3.8, 4) is 11.1 Å². The van der Waals surface area contributed by atoms with Gasteiger partial charge < -0.3 is 5.11 Å². The molecule has 4 nitrogen and oxygen atoms in total. The number of nitrogens with zero attached hydrogens (tertiary/aromatic N) is 2. The molecule has 3 rings (SSSR count). The number of aromatic nitrogens is 2. The zero-order valence-electron chi connectivity index (χ0n) is 10.6. The first-order chi connectivity index (χ1) is 9.72. The number of aromatic carboxylic acids is 1. The largest absolute Gasteiger partial charge is 0.477 e. The summed E-state index contributed by atoms with van der Waals surface area (Å²) < 4.78 is 1.82. The molecular formula is C15H12N2O2S. The summed E-state index contributed by atoms with van der Waals surface area (Å²) in [6.07, 6.45) is 3.79. The van der Waals surface area contributed by atoms with Crippen molar-refractivity contribution in [1.82, 2.24) is 9.78 Å². The smallest absolute Gasteiger partial charge is 0.345 e. The molecule has 0 radical (unpaired) electrons. The molecule has 20 heavy (non-hydrogen) atoms. The third-order valence-corrected chi connectivity index (χ3v) is 3.99. The van der Waals surface area contributed by atoms with Crippen LogP contribution in [-0.2, 0) is 6.54 Å². The minimum Gasteiger partial charge on any atom is -0.477 e. The lowest BCUT2D eigenvalue weighted by molar-refractivity contribution is 0.0702. The molecule has 0 aliphatic heterocycles. The molecule has 0 unspecified atom stereocenters. The van der Waals surface area contributed by atoms with Crippen LogP contribution in [0.25, 0.3) is 11.1 Å². The van der Waals surface area contributed by atoms with Gasteiger partial charge in [-0.2, -0.15) is 5.10 Å². The predicted octanol–water partition coefficient (Wildman–Crippen LogP) is 3.36. The number of hydrogen-bond acceptors (Lipinski definition) is 3. The van der Waals surface area contributed by atoms with E-state index >= 15 is 0 Å². The molecule has 5 heteroatoms. The van der Waals surface area contributed by atoms with Crippen molar-refractivity contribution in [2.45, 2.75) is 6.54 Å². The molecule has 0 fully saturated rings. The molecule has 100 valence electrons. The van der Waals surface area contributed by atoms with Crippen LogP contribution in [0, 0.1) is 0 Å². The Bertz CT molecular complexity index is 731. The number of rotatable bonds is 4. The summed E-state index contributed by atoms with van der Waals surface area (Å²) in [4.78, 5) is 12.2. The van der Waals surface area contributed by atoms with E-state index in [1.807, 2.05) is 53.5 Å². The van der Waals surface area contributed by atoms with Gasteiger partial charge in [0.2, 0.25) is 0 Å². The minimum absolute atomic E-state index is 0.357. The van der Waals surface area contributed by atoms with Crippen molar-refractivity contribution in [2.24, 2.45) is 0 Å². The maximum atomic E-state index is 10.8. The third-order valence-electron chi connectivity index (χ3n) is 2.93. The van der Waals surface area contributed by atoms with Crippen LogP contribution < -0.4 is 0 Å². The number of carboxylic acid groups (broad SMARTS) is 1. The summed E-state index contributed by atoms with van der Waals surface area (Å²) in [6, 6.07) is 13.5.